The zero-order valence-electron chi connectivity index (χ0n) is 15.9. The summed E-state index contributed by atoms with van der Waals surface area (Å²) in [5.41, 5.74) is 2.65. The smallest absolute Gasteiger partial charge is 0.344 e. The molecular formula is C22H22ClNO3. The number of fused-ring (bicyclic) bond motifs is 1. The predicted octanol–water partition coefficient (Wildman–Crippen LogP) is 5.16. The zero-order valence-corrected chi connectivity index (χ0v) is 16.6. The first-order valence-electron chi connectivity index (χ1n) is 8.95. The van der Waals surface area contributed by atoms with Crippen molar-refractivity contribution in [1.29, 1.82) is 0 Å². The fraction of sp³-hybridized carbons (Fsp3) is 0.273. The van der Waals surface area contributed by atoms with E-state index in [0.29, 0.717) is 22.1 Å². The number of aromatic nitrogens is 1. The quantitative estimate of drug-likeness (QED) is 0.585. The Labute approximate surface area is 163 Å². The Balaban J connectivity index is 2.53. The summed E-state index contributed by atoms with van der Waals surface area (Å²) < 4.78 is 6.69. The number of pyridine rings is 1. The molecule has 3 aromatic rings. The Morgan fingerprint density at radius 2 is 1.89 bits per heavy atom. The summed E-state index contributed by atoms with van der Waals surface area (Å²) in [6.07, 6.45) is 0. The topological polar surface area (TPSA) is 48.3 Å². The van der Waals surface area contributed by atoms with Crippen molar-refractivity contribution in [2.45, 2.75) is 26.7 Å². The van der Waals surface area contributed by atoms with Gasteiger partial charge in [-0.2, -0.15) is 0 Å². The lowest BCUT2D eigenvalue weighted by Gasteiger charge is -2.17. The van der Waals surface area contributed by atoms with Gasteiger partial charge < -0.3 is 9.30 Å². The van der Waals surface area contributed by atoms with E-state index in [-0.39, 0.29) is 12.2 Å². The molecule has 0 saturated carbocycles. The second kappa shape index (κ2) is 7.57. The molecule has 27 heavy (non-hydrogen) atoms. The second-order valence-electron chi connectivity index (χ2n) is 6.75. The number of halogens is 1. The van der Waals surface area contributed by atoms with Gasteiger partial charge in [-0.1, -0.05) is 49.7 Å². The maximum atomic E-state index is 13.0. The van der Waals surface area contributed by atoms with Gasteiger partial charge in [0.05, 0.1) is 12.1 Å². The van der Waals surface area contributed by atoms with Crippen LogP contribution in [0.4, 0.5) is 0 Å². The molecule has 0 aliphatic carbocycles. The van der Waals surface area contributed by atoms with Gasteiger partial charge in [-0.15, -0.1) is 0 Å². The van der Waals surface area contributed by atoms with Crippen molar-refractivity contribution in [1.82, 2.24) is 4.57 Å². The summed E-state index contributed by atoms with van der Waals surface area (Å²) in [6.45, 7) is 6.11. The average Bonchev–Trinajstić information content (AvgIpc) is 2.64. The van der Waals surface area contributed by atoms with E-state index in [1.54, 1.807) is 20.0 Å². The summed E-state index contributed by atoms with van der Waals surface area (Å²) >= 11 is 6.45. The molecule has 2 aromatic carbocycles. The Morgan fingerprint density at radius 1 is 1.19 bits per heavy atom. The van der Waals surface area contributed by atoms with E-state index >= 15 is 0 Å². The maximum Gasteiger partial charge on any atom is 0.344 e. The molecule has 3 rings (SSSR count). The molecule has 0 atom stereocenters. The van der Waals surface area contributed by atoms with Gasteiger partial charge in [-0.3, -0.25) is 4.79 Å². The monoisotopic (exact) mass is 383 g/mol. The summed E-state index contributed by atoms with van der Waals surface area (Å²) in [5, 5.41) is 1.28. The van der Waals surface area contributed by atoms with Crippen LogP contribution in [0.5, 0.6) is 0 Å². The van der Waals surface area contributed by atoms with Crippen LogP contribution in [-0.2, 0) is 11.8 Å². The normalized spacial score (nSPS) is 11.2. The largest absolute Gasteiger partial charge is 0.462 e. The number of nitrogens with zero attached hydrogens (tertiary/aromatic N) is 1. The number of carbonyl (C=O) groups excluding carboxylic acids is 1. The highest BCUT2D eigenvalue weighted by Gasteiger charge is 2.25. The van der Waals surface area contributed by atoms with Crippen LogP contribution in [0, 0.1) is 0 Å². The molecule has 4 nitrogen and oxygen atoms in total. The molecule has 0 fully saturated rings. The highest BCUT2D eigenvalue weighted by atomic mass is 35.5. The molecule has 1 heterocycles. The second-order valence-corrected chi connectivity index (χ2v) is 7.15. The lowest BCUT2D eigenvalue weighted by molar-refractivity contribution is 0.0525. The number of ether oxygens (including phenoxy) is 1. The van der Waals surface area contributed by atoms with Gasteiger partial charge in [-0.25, -0.2) is 4.79 Å². The Hall–Kier alpha value is -2.59. The summed E-state index contributed by atoms with van der Waals surface area (Å²) in [6, 6.07) is 13.2. The molecule has 0 aliphatic rings. The van der Waals surface area contributed by atoms with Crippen LogP contribution < -0.4 is 5.56 Å². The van der Waals surface area contributed by atoms with Crippen LogP contribution in [0.25, 0.3) is 22.0 Å². The van der Waals surface area contributed by atoms with Gasteiger partial charge in [0.15, 0.2) is 0 Å². The average molecular weight is 384 g/mol. The first-order valence-corrected chi connectivity index (χ1v) is 9.33. The molecule has 0 saturated heterocycles. The van der Waals surface area contributed by atoms with E-state index in [1.807, 2.05) is 36.4 Å². The summed E-state index contributed by atoms with van der Waals surface area (Å²) in [7, 11) is 1.67. The van der Waals surface area contributed by atoms with E-state index in [9.17, 15) is 9.59 Å². The van der Waals surface area contributed by atoms with Crippen LogP contribution in [-0.4, -0.2) is 17.1 Å². The number of hydrogen-bond acceptors (Lipinski definition) is 3. The lowest BCUT2D eigenvalue weighted by atomic mass is 9.92. The summed E-state index contributed by atoms with van der Waals surface area (Å²) in [4.78, 5) is 25.7. The predicted molar refractivity (Wildman–Crippen MR) is 110 cm³/mol. The molecule has 0 bridgehead atoms. The van der Waals surface area contributed by atoms with Gasteiger partial charge in [0.2, 0.25) is 0 Å². The molecule has 0 spiro atoms. The van der Waals surface area contributed by atoms with Crippen LogP contribution in [0.3, 0.4) is 0 Å². The molecule has 0 aliphatic heterocycles. The molecule has 0 radical (unpaired) electrons. The molecule has 5 heteroatoms. The first kappa shape index (κ1) is 19.2. The maximum absolute atomic E-state index is 13.0. The third kappa shape index (κ3) is 3.37. The third-order valence-electron chi connectivity index (χ3n) is 4.71. The minimum Gasteiger partial charge on any atom is -0.462 e. The van der Waals surface area contributed by atoms with E-state index in [1.165, 1.54) is 4.57 Å². The van der Waals surface area contributed by atoms with Crippen molar-refractivity contribution in [3.05, 3.63) is 69.0 Å². The molecule has 0 amide bonds. The minimum atomic E-state index is -0.634. The fourth-order valence-electron chi connectivity index (χ4n) is 3.26. The minimum absolute atomic E-state index is 0.0147. The van der Waals surface area contributed by atoms with Gasteiger partial charge in [0.25, 0.3) is 5.56 Å². The summed E-state index contributed by atoms with van der Waals surface area (Å²) in [5.74, 6) is -0.332. The van der Waals surface area contributed by atoms with E-state index in [4.69, 9.17) is 16.3 Å². The molecule has 0 unspecified atom stereocenters. The van der Waals surface area contributed by atoms with Crippen molar-refractivity contribution in [2.75, 3.05) is 6.61 Å². The highest BCUT2D eigenvalue weighted by Crippen LogP contribution is 2.36. The van der Waals surface area contributed by atoms with Crippen LogP contribution in [0.1, 0.15) is 42.6 Å². The standard InChI is InChI=1S/C22H22ClNO3/c1-5-27-22(26)20-19(15-8-6-7-9-17(15)23)16-12-14(13(2)3)10-11-18(16)24(4)21(20)25/h6-13H,5H2,1-4H3. The van der Waals surface area contributed by atoms with Gasteiger partial charge in [-0.05, 0) is 36.6 Å². The SMILES string of the molecule is CCOC(=O)c1c(-c2ccccc2Cl)c2cc(C(C)C)ccc2n(C)c1=O. The van der Waals surface area contributed by atoms with E-state index in [0.717, 1.165) is 16.5 Å². The van der Waals surface area contributed by atoms with Crippen LogP contribution >= 0.6 is 11.6 Å². The number of aryl methyl sites for hydroxylation is 1. The number of hydrogen-bond donors (Lipinski definition) is 0. The molecule has 140 valence electrons. The van der Waals surface area contributed by atoms with Crippen LogP contribution in [0.2, 0.25) is 5.02 Å². The van der Waals surface area contributed by atoms with Crippen LogP contribution in [0.15, 0.2) is 47.3 Å². The number of esters is 1. The number of rotatable bonds is 4. The van der Waals surface area contributed by atoms with Crippen molar-refractivity contribution in [2.24, 2.45) is 7.05 Å². The molecular weight excluding hydrogens is 362 g/mol. The Kier molecular flexibility index (Phi) is 5.38. The van der Waals surface area contributed by atoms with Gasteiger partial charge in [0.1, 0.15) is 5.56 Å². The number of carbonyl (C=O) groups is 1. The molecule has 0 N–H and O–H groups in total. The van der Waals surface area contributed by atoms with Crippen molar-refractivity contribution < 1.29 is 9.53 Å². The van der Waals surface area contributed by atoms with E-state index in [2.05, 4.69) is 13.8 Å². The Bertz CT molecular complexity index is 1080. The van der Waals surface area contributed by atoms with Crippen molar-refractivity contribution in [3.8, 4) is 11.1 Å². The Morgan fingerprint density at radius 3 is 2.52 bits per heavy atom. The van der Waals surface area contributed by atoms with Gasteiger partial charge in [0, 0.05) is 28.6 Å². The molecule has 1 aromatic heterocycles. The third-order valence-corrected chi connectivity index (χ3v) is 5.04. The van der Waals surface area contributed by atoms with E-state index < -0.39 is 11.5 Å². The van der Waals surface area contributed by atoms with Gasteiger partial charge >= 0.3 is 5.97 Å². The fourth-order valence-corrected chi connectivity index (χ4v) is 3.49. The first-order chi connectivity index (χ1) is 12.9. The zero-order chi connectivity index (χ0) is 19.7. The lowest BCUT2D eigenvalue weighted by Crippen LogP contribution is -2.27. The van der Waals surface area contributed by atoms with Crippen molar-refractivity contribution >= 4 is 28.5 Å². The van der Waals surface area contributed by atoms with Crippen molar-refractivity contribution in [3.63, 3.8) is 0 Å². The highest BCUT2D eigenvalue weighted by molar-refractivity contribution is 6.34. The number of benzene rings is 2.